The summed E-state index contributed by atoms with van der Waals surface area (Å²) < 4.78 is 99.6. The second-order valence-electron chi connectivity index (χ2n) is 14.6. The van der Waals surface area contributed by atoms with E-state index in [0.29, 0.717) is 4.57 Å². The maximum Gasteiger partial charge on any atom is 0.475 e. The van der Waals surface area contributed by atoms with E-state index in [-0.39, 0.29) is 41.3 Å². The monoisotopic (exact) mass is 977 g/mol. The molecule has 3 unspecified atom stereocenters. The van der Waals surface area contributed by atoms with E-state index < -0.39 is 114 Å². The summed E-state index contributed by atoms with van der Waals surface area (Å²) in [6, 6.07) is 12.6. The Labute approximate surface area is 378 Å². The third-order valence-electron chi connectivity index (χ3n) is 9.63. The van der Waals surface area contributed by atoms with Gasteiger partial charge in [0.2, 0.25) is 5.95 Å². The number of halogens is 2. The van der Waals surface area contributed by atoms with E-state index in [9.17, 15) is 38.8 Å². The number of imidazole rings is 1. The summed E-state index contributed by atoms with van der Waals surface area (Å²) in [4.78, 5) is 69.7. The van der Waals surface area contributed by atoms with Crippen LogP contribution >= 0.6 is 15.6 Å². The molecule has 0 saturated carbocycles. The Kier molecular flexibility index (Phi) is 16.8. The second-order valence-corrected chi connectivity index (χ2v) is 17.7. The van der Waals surface area contributed by atoms with Crippen molar-refractivity contribution >= 4 is 50.8 Å². The molecule has 5 heterocycles. The molecule has 2 aliphatic rings. The number of H-pyrrole nitrogens is 1. The number of aromatic amines is 1. The fourth-order valence-corrected chi connectivity index (χ4v) is 8.92. The van der Waals surface area contributed by atoms with Crippen LogP contribution in [0, 0.1) is 22.7 Å². The van der Waals surface area contributed by atoms with Crippen LogP contribution in [0.3, 0.4) is 0 Å². The molecule has 29 heteroatoms. The van der Waals surface area contributed by atoms with Crippen molar-refractivity contribution in [2.24, 2.45) is 4.99 Å². The van der Waals surface area contributed by atoms with Gasteiger partial charge < -0.3 is 29.7 Å². The predicted octanol–water partition coefficient (Wildman–Crippen LogP) is 3.11. The highest BCUT2D eigenvalue weighted by molar-refractivity contribution is 7.48. The van der Waals surface area contributed by atoms with Gasteiger partial charge in [-0.05, 0) is 24.6 Å². The number of aliphatic imine (C=N–C) groups is 1. The van der Waals surface area contributed by atoms with Gasteiger partial charge in [0.15, 0.2) is 36.0 Å². The topological polar surface area (TPSA) is 330 Å². The molecule has 358 valence electrons. The van der Waals surface area contributed by atoms with Crippen molar-refractivity contribution < 1.29 is 64.8 Å². The Morgan fingerprint density at radius 3 is 2.49 bits per heavy atom. The molecule has 1 amide bonds. The molecule has 4 aromatic rings. The summed E-state index contributed by atoms with van der Waals surface area (Å²) in [7, 11) is -6.95. The molecule has 0 spiro atoms. The van der Waals surface area contributed by atoms with Gasteiger partial charge in [0.05, 0.1) is 57.1 Å². The number of anilines is 1. The lowest BCUT2D eigenvalue weighted by Gasteiger charge is -2.28. The van der Waals surface area contributed by atoms with Crippen LogP contribution in [0.15, 0.2) is 76.2 Å². The lowest BCUT2D eigenvalue weighted by molar-refractivity contribution is -0.0874. The van der Waals surface area contributed by atoms with E-state index in [1.54, 1.807) is 49.3 Å². The van der Waals surface area contributed by atoms with Gasteiger partial charge in [0.25, 0.3) is 11.5 Å². The number of rotatable bonds is 22. The number of hydrogen-bond donors (Lipinski definition) is 4. The van der Waals surface area contributed by atoms with Crippen molar-refractivity contribution in [2.45, 2.75) is 74.6 Å². The van der Waals surface area contributed by atoms with Gasteiger partial charge >= 0.3 is 21.3 Å². The number of aromatic nitrogens is 6. The van der Waals surface area contributed by atoms with Crippen LogP contribution < -0.4 is 16.6 Å². The molecule has 2 fully saturated rings. The molecule has 4 N–H and O–H groups in total. The Morgan fingerprint density at radius 2 is 1.81 bits per heavy atom. The summed E-state index contributed by atoms with van der Waals surface area (Å²) in [5.74, 6) is -1.02. The van der Waals surface area contributed by atoms with Crippen molar-refractivity contribution in [1.82, 2.24) is 34.0 Å². The van der Waals surface area contributed by atoms with Crippen molar-refractivity contribution in [3.8, 4) is 12.1 Å². The maximum absolute atomic E-state index is 16.6. The van der Waals surface area contributed by atoms with E-state index in [1.807, 2.05) is 0 Å². The first-order chi connectivity index (χ1) is 32.0. The first-order valence-corrected chi connectivity index (χ1v) is 22.9. The normalized spacial score (nSPS) is 25.0. The van der Waals surface area contributed by atoms with Crippen LogP contribution in [-0.2, 0) is 41.2 Å². The van der Waals surface area contributed by atoms with Crippen molar-refractivity contribution in [1.29, 1.82) is 10.5 Å². The first-order valence-electron chi connectivity index (χ1n) is 20.0. The molecule has 0 radical (unpaired) electrons. The Hall–Kier alpha value is -5.93. The van der Waals surface area contributed by atoms with Crippen molar-refractivity contribution in [2.75, 3.05) is 39.2 Å². The van der Waals surface area contributed by atoms with E-state index >= 15 is 8.78 Å². The van der Waals surface area contributed by atoms with Crippen LogP contribution in [0.2, 0.25) is 0 Å². The fourth-order valence-electron chi connectivity index (χ4n) is 6.60. The summed E-state index contributed by atoms with van der Waals surface area (Å²) in [5.41, 5.74) is -2.08. The number of nitrogens with zero attached hydrogens (tertiary/aromatic N) is 9. The molecule has 25 nitrogen and oxygen atoms in total. The van der Waals surface area contributed by atoms with Gasteiger partial charge in [-0.3, -0.25) is 46.3 Å². The number of nitriles is 2. The molecular formula is C38H43F2N11O14P2. The summed E-state index contributed by atoms with van der Waals surface area (Å²) in [6.45, 7) is 1.34. The number of phosphoric acid groups is 2. The highest BCUT2D eigenvalue weighted by Gasteiger charge is 2.53. The number of alkyl halides is 2. The number of benzene rings is 1. The minimum Gasteiger partial charge on any atom is -0.387 e. The van der Waals surface area contributed by atoms with Crippen LogP contribution in [0.5, 0.6) is 0 Å². The average Bonchev–Trinajstić information content (AvgIpc) is 3.95. The number of ether oxygens (including phenoxy) is 2. The van der Waals surface area contributed by atoms with Gasteiger partial charge in [-0.25, -0.2) is 32.7 Å². The minimum absolute atomic E-state index is 0.180. The van der Waals surface area contributed by atoms with Crippen LogP contribution in [0.4, 0.5) is 20.5 Å². The second kappa shape index (κ2) is 22.2. The molecule has 6 rings (SSSR count). The van der Waals surface area contributed by atoms with E-state index in [0.717, 1.165) is 29.2 Å². The SMILES string of the molecule is C=CCOP(=O)(OCCC#N)O[C@H]1[C@@H](F)[C@H](n2ccc(NC(=O)c3ccccc3)nc2=O)O[C@@H]1COP(=O)(O)OC(CCC#N)[C@H]1O[C@@H](n2cnc3c(=O)[nH]c(N=CN(C)C)nc32)[C@H](F)[C@@H]1O. The molecule has 67 heavy (non-hydrogen) atoms. The number of carbonyl (C=O) groups is 1. The summed E-state index contributed by atoms with van der Waals surface area (Å²) in [6.07, 6.45) is -14.7. The average molecular weight is 978 g/mol. The number of phosphoric ester groups is 2. The largest absolute Gasteiger partial charge is 0.475 e. The maximum atomic E-state index is 16.6. The standard InChI is InChI=1S/C38H43F2N11O14P2/c1-4-17-59-67(58,60-18-9-15-42)65-30-24(62-36(27(30)40)50-16-13-25(46-38(50)55)45-33(53)22-10-6-5-7-11-22)19-61-66(56,57)64-23(12-8-14-41)31-29(52)26(39)35(63-31)51-21-43-28-32(51)47-37(48-34(28)54)44-20-49(2)3/h4-7,10-11,13,16,20-21,23-24,26-27,29-31,35-36,52H,1,8-9,12,17-19H2,2-3H3,(H,56,57)(H,47,48,54)(H,45,46,53,55)/t23?,24-,26-,27-,29+,30-,31-,35-,36-,67?/m1/s1. The third-order valence-corrected chi connectivity index (χ3v) is 12.1. The van der Waals surface area contributed by atoms with E-state index in [1.165, 1.54) is 18.5 Å². The molecule has 0 aliphatic carbocycles. The Morgan fingerprint density at radius 1 is 1.07 bits per heavy atom. The Balaban J connectivity index is 1.23. The summed E-state index contributed by atoms with van der Waals surface area (Å²) >= 11 is 0. The van der Waals surface area contributed by atoms with Gasteiger partial charge in [0, 0.05) is 32.3 Å². The third kappa shape index (κ3) is 12.3. The quantitative estimate of drug-likeness (QED) is 0.0289. The molecule has 1 aromatic carbocycles. The lowest BCUT2D eigenvalue weighted by Crippen LogP contribution is -2.39. The zero-order chi connectivity index (χ0) is 48.5. The van der Waals surface area contributed by atoms with E-state index in [2.05, 4.69) is 36.8 Å². The van der Waals surface area contributed by atoms with Gasteiger partial charge in [-0.2, -0.15) is 20.5 Å². The number of aliphatic hydroxyl groups excluding tert-OH is 1. The number of amides is 1. The first kappa shape index (κ1) is 50.5. The highest BCUT2D eigenvalue weighted by Crippen LogP contribution is 2.55. The molecule has 0 bridgehead atoms. The predicted molar refractivity (Wildman–Crippen MR) is 227 cm³/mol. The number of nitrogens with one attached hydrogen (secondary N) is 2. The Bertz CT molecular complexity index is 2730. The molecule has 3 aromatic heterocycles. The van der Waals surface area contributed by atoms with Crippen molar-refractivity contribution in [3.63, 3.8) is 0 Å². The fraction of sp³-hybridized carbons (Fsp3) is 0.447. The van der Waals surface area contributed by atoms with Crippen LogP contribution in [0.25, 0.3) is 11.2 Å². The van der Waals surface area contributed by atoms with Gasteiger partial charge in [-0.1, -0.05) is 24.3 Å². The molecule has 11 atom stereocenters. The summed E-state index contributed by atoms with van der Waals surface area (Å²) in [5, 5.41) is 31.9. The van der Waals surface area contributed by atoms with Crippen LogP contribution in [0.1, 0.15) is 42.1 Å². The number of carbonyl (C=O) groups excluding carboxylic acids is 1. The lowest BCUT2D eigenvalue weighted by atomic mass is 10.0. The zero-order valence-corrected chi connectivity index (χ0v) is 37.2. The zero-order valence-electron chi connectivity index (χ0n) is 35.4. The van der Waals surface area contributed by atoms with Crippen LogP contribution in [-0.4, -0.2) is 133 Å². The van der Waals surface area contributed by atoms with E-state index in [4.69, 9.17) is 37.4 Å². The van der Waals surface area contributed by atoms with Gasteiger partial charge in [-0.15, -0.1) is 6.58 Å². The smallest absolute Gasteiger partial charge is 0.387 e. The van der Waals surface area contributed by atoms with Gasteiger partial charge in [0.1, 0.15) is 30.2 Å². The minimum atomic E-state index is -5.45. The highest BCUT2D eigenvalue weighted by atomic mass is 31.2. The van der Waals surface area contributed by atoms with Crippen molar-refractivity contribution in [3.05, 3.63) is 88.0 Å². The number of aliphatic hydroxyl groups is 1. The molecule has 2 aliphatic heterocycles. The number of fused-ring (bicyclic) bond motifs is 1. The molecular weight excluding hydrogens is 934 g/mol. The number of hydrogen-bond acceptors (Lipinski definition) is 19. The molecule has 2 saturated heterocycles.